The van der Waals surface area contributed by atoms with Gasteiger partial charge in [-0.15, -0.1) is 0 Å². The van der Waals surface area contributed by atoms with Crippen molar-refractivity contribution in [1.29, 1.82) is 0 Å². The van der Waals surface area contributed by atoms with Gasteiger partial charge in [0.2, 0.25) is 11.7 Å². The highest BCUT2D eigenvalue weighted by Gasteiger charge is 2.08. The number of hydrogen-bond donors (Lipinski definition) is 1. The molecule has 6 nitrogen and oxygen atoms in total. The van der Waals surface area contributed by atoms with Crippen molar-refractivity contribution in [3.8, 4) is 11.4 Å². The first-order valence-corrected chi connectivity index (χ1v) is 7.69. The zero-order chi connectivity index (χ0) is 16.2. The van der Waals surface area contributed by atoms with Gasteiger partial charge < -0.3 is 9.84 Å². The number of nitrogens with one attached hydrogen (secondary N) is 1. The van der Waals surface area contributed by atoms with Gasteiger partial charge in [-0.25, -0.2) is 9.97 Å². The van der Waals surface area contributed by atoms with E-state index in [4.69, 9.17) is 27.7 Å². The molecular weight excluding hydrogens is 337 g/mol. The van der Waals surface area contributed by atoms with Crippen LogP contribution in [0.5, 0.6) is 0 Å². The highest BCUT2D eigenvalue weighted by atomic mass is 35.5. The van der Waals surface area contributed by atoms with E-state index in [-0.39, 0.29) is 0 Å². The van der Waals surface area contributed by atoms with E-state index in [1.165, 1.54) is 0 Å². The standard InChI is InChI=1S/C15H13Cl2N5O/c1-9-19-12(17)8-13(20-9)18-7-6-14-21-15(22-23-14)10-2-4-11(16)5-3-10/h2-5,8H,6-7H2,1H3,(H,18,19,20). The normalized spacial score (nSPS) is 10.7. The van der Waals surface area contributed by atoms with Gasteiger partial charge in [-0.2, -0.15) is 4.98 Å². The molecule has 0 amide bonds. The maximum Gasteiger partial charge on any atom is 0.228 e. The Morgan fingerprint density at radius 3 is 2.61 bits per heavy atom. The second-order valence-corrected chi connectivity index (χ2v) is 5.64. The summed E-state index contributed by atoms with van der Waals surface area (Å²) < 4.78 is 5.24. The number of halogens is 2. The number of rotatable bonds is 5. The van der Waals surface area contributed by atoms with Crippen LogP contribution in [-0.4, -0.2) is 26.7 Å². The van der Waals surface area contributed by atoms with Crippen LogP contribution in [0.1, 0.15) is 11.7 Å². The number of aromatic nitrogens is 4. The molecule has 118 valence electrons. The molecule has 0 saturated heterocycles. The Bertz CT molecular complexity index is 784. The van der Waals surface area contributed by atoms with E-state index in [2.05, 4.69) is 25.4 Å². The van der Waals surface area contributed by atoms with Gasteiger partial charge in [0.25, 0.3) is 0 Å². The van der Waals surface area contributed by atoms with Gasteiger partial charge in [0.1, 0.15) is 16.8 Å². The summed E-state index contributed by atoms with van der Waals surface area (Å²) in [6, 6.07) is 8.94. The molecule has 0 bridgehead atoms. The number of nitrogens with zero attached hydrogens (tertiary/aromatic N) is 4. The number of anilines is 1. The highest BCUT2D eigenvalue weighted by Crippen LogP contribution is 2.18. The van der Waals surface area contributed by atoms with E-state index in [1.54, 1.807) is 25.1 Å². The molecule has 0 aliphatic carbocycles. The minimum atomic E-state index is 0.405. The first-order chi connectivity index (χ1) is 11.1. The summed E-state index contributed by atoms with van der Waals surface area (Å²) in [5.41, 5.74) is 0.857. The molecule has 3 aromatic rings. The molecular formula is C15H13Cl2N5O. The molecule has 23 heavy (non-hydrogen) atoms. The summed E-state index contributed by atoms with van der Waals surface area (Å²) in [4.78, 5) is 12.6. The number of benzene rings is 1. The van der Waals surface area contributed by atoms with Crippen molar-refractivity contribution < 1.29 is 4.52 Å². The van der Waals surface area contributed by atoms with Crippen molar-refractivity contribution in [2.45, 2.75) is 13.3 Å². The van der Waals surface area contributed by atoms with Gasteiger partial charge in [0.15, 0.2) is 0 Å². The summed E-state index contributed by atoms with van der Waals surface area (Å²) in [5.74, 6) is 2.36. The molecule has 2 heterocycles. The Balaban J connectivity index is 1.60. The Labute approximate surface area is 142 Å². The minimum absolute atomic E-state index is 0.405. The Morgan fingerprint density at radius 1 is 1.09 bits per heavy atom. The average Bonchev–Trinajstić information content (AvgIpc) is 2.96. The second kappa shape index (κ2) is 6.93. The van der Waals surface area contributed by atoms with E-state index in [9.17, 15) is 0 Å². The lowest BCUT2D eigenvalue weighted by molar-refractivity contribution is 0.381. The van der Waals surface area contributed by atoms with Crippen molar-refractivity contribution in [3.05, 3.63) is 52.2 Å². The van der Waals surface area contributed by atoms with E-state index in [0.717, 1.165) is 5.56 Å². The first kappa shape index (κ1) is 15.7. The fourth-order valence-corrected chi connectivity index (χ4v) is 2.34. The van der Waals surface area contributed by atoms with E-state index >= 15 is 0 Å². The predicted molar refractivity (Wildman–Crippen MR) is 88.7 cm³/mol. The Kier molecular flexibility index (Phi) is 4.73. The number of hydrogen-bond acceptors (Lipinski definition) is 6. The van der Waals surface area contributed by atoms with Crippen molar-refractivity contribution in [2.75, 3.05) is 11.9 Å². The van der Waals surface area contributed by atoms with Gasteiger partial charge in [0.05, 0.1) is 0 Å². The van der Waals surface area contributed by atoms with Crippen LogP contribution < -0.4 is 5.32 Å². The predicted octanol–water partition coefficient (Wildman–Crippen LogP) is 3.80. The first-order valence-electron chi connectivity index (χ1n) is 6.94. The van der Waals surface area contributed by atoms with Crippen molar-refractivity contribution >= 4 is 29.0 Å². The van der Waals surface area contributed by atoms with Crippen LogP contribution in [0.25, 0.3) is 11.4 Å². The maximum atomic E-state index is 5.89. The lowest BCUT2D eigenvalue weighted by Gasteiger charge is -2.04. The lowest BCUT2D eigenvalue weighted by atomic mass is 10.2. The van der Waals surface area contributed by atoms with Gasteiger partial charge in [-0.3, -0.25) is 0 Å². The maximum absolute atomic E-state index is 5.89. The zero-order valence-corrected chi connectivity index (χ0v) is 13.8. The second-order valence-electron chi connectivity index (χ2n) is 4.82. The van der Waals surface area contributed by atoms with Crippen LogP contribution in [-0.2, 0) is 6.42 Å². The molecule has 0 atom stereocenters. The molecule has 0 unspecified atom stereocenters. The molecule has 0 aliphatic heterocycles. The van der Waals surface area contributed by atoms with Crippen molar-refractivity contribution in [3.63, 3.8) is 0 Å². The molecule has 2 aromatic heterocycles. The molecule has 0 aliphatic rings. The highest BCUT2D eigenvalue weighted by molar-refractivity contribution is 6.30. The molecule has 8 heteroatoms. The molecule has 1 N–H and O–H groups in total. The van der Waals surface area contributed by atoms with E-state index < -0.39 is 0 Å². The van der Waals surface area contributed by atoms with Crippen molar-refractivity contribution in [1.82, 2.24) is 20.1 Å². The largest absolute Gasteiger partial charge is 0.369 e. The fraction of sp³-hybridized carbons (Fsp3) is 0.200. The SMILES string of the molecule is Cc1nc(Cl)cc(NCCc2nc(-c3ccc(Cl)cc3)no2)n1. The van der Waals surface area contributed by atoms with Crippen LogP contribution in [0.4, 0.5) is 5.82 Å². The van der Waals surface area contributed by atoms with E-state index in [1.807, 2.05) is 12.1 Å². The van der Waals surface area contributed by atoms with Gasteiger partial charge in [-0.1, -0.05) is 28.4 Å². The van der Waals surface area contributed by atoms with Crippen molar-refractivity contribution in [2.24, 2.45) is 0 Å². The molecule has 1 aromatic carbocycles. The van der Waals surface area contributed by atoms with Gasteiger partial charge in [0, 0.05) is 29.6 Å². The molecule has 0 saturated carbocycles. The topological polar surface area (TPSA) is 76.7 Å². The summed E-state index contributed by atoms with van der Waals surface area (Å²) >= 11 is 11.7. The Hall–Kier alpha value is -2.18. The van der Waals surface area contributed by atoms with Crippen LogP contribution >= 0.6 is 23.2 Å². The zero-order valence-electron chi connectivity index (χ0n) is 12.3. The van der Waals surface area contributed by atoms with Gasteiger partial charge >= 0.3 is 0 Å². The van der Waals surface area contributed by atoms with Crippen LogP contribution in [0, 0.1) is 6.92 Å². The third-order valence-corrected chi connectivity index (χ3v) is 3.47. The fourth-order valence-electron chi connectivity index (χ4n) is 1.99. The smallest absolute Gasteiger partial charge is 0.228 e. The molecule has 0 radical (unpaired) electrons. The lowest BCUT2D eigenvalue weighted by Crippen LogP contribution is -2.07. The van der Waals surface area contributed by atoms with Crippen LogP contribution in [0.15, 0.2) is 34.9 Å². The number of aryl methyl sites for hydroxylation is 1. The summed E-state index contributed by atoms with van der Waals surface area (Å²) in [6.45, 7) is 2.38. The van der Waals surface area contributed by atoms with Crippen LogP contribution in [0.3, 0.4) is 0 Å². The third-order valence-electron chi connectivity index (χ3n) is 3.02. The van der Waals surface area contributed by atoms with E-state index in [0.29, 0.717) is 46.5 Å². The average molecular weight is 350 g/mol. The van der Waals surface area contributed by atoms with Gasteiger partial charge in [-0.05, 0) is 31.2 Å². The molecule has 0 fully saturated rings. The molecule has 3 rings (SSSR count). The quantitative estimate of drug-likeness (QED) is 0.706. The molecule has 0 spiro atoms. The Morgan fingerprint density at radius 2 is 1.87 bits per heavy atom. The monoisotopic (exact) mass is 349 g/mol. The summed E-state index contributed by atoms with van der Waals surface area (Å²) in [6.07, 6.45) is 0.571. The summed E-state index contributed by atoms with van der Waals surface area (Å²) in [5, 5.41) is 8.19. The van der Waals surface area contributed by atoms with Crippen LogP contribution in [0.2, 0.25) is 10.2 Å². The summed E-state index contributed by atoms with van der Waals surface area (Å²) in [7, 11) is 0. The third kappa shape index (κ3) is 4.18. The minimum Gasteiger partial charge on any atom is -0.369 e.